The number of hydrogen-bond donors (Lipinski definition) is 2. The average molecular weight is 477 g/mol. The van der Waals surface area contributed by atoms with Crippen LogP contribution in [-0.2, 0) is 11.2 Å². The maximum atomic E-state index is 6.43. The van der Waals surface area contributed by atoms with Crippen molar-refractivity contribution >= 4 is 28.0 Å². The summed E-state index contributed by atoms with van der Waals surface area (Å²) in [5.74, 6) is 1.49. The first-order valence-corrected chi connectivity index (χ1v) is 12.7. The minimum atomic E-state index is -0.0614. The van der Waals surface area contributed by atoms with Gasteiger partial charge < -0.3 is 15.5 Å². The Balaban J connectivity index is 1.13. The Hall–Kier alpha value is -3.04. The molecule has 1 fully saturated rings. The molecule has 0 saturated carbocycles. The third-order valence-corrected chi connectivity index (χ3v) is 7.21. The van der Waals surface area contributed by atoms with Gasteiger partial charge in [0.2, 0.25) is 0 Å². The average Bonchev–Trinajstić information content (AvgIpc) is 3.54. The number of nitrogens with one attached hydrogen (secondary N) is 1. The van der Waals surface area contributed by atoms with E-state index in [9.17, 15) is 0 Å². The van der Waals surface area contributed by atoms with Crippen LogP contribution in [0.4, 0.5) is 5.82 Å². The lowest BCUT2D eigenvalue weighted by Crippen LogP contribution is -2.38. The van der Waals surface area contributed by atoms with Crippen LogP contribution in [0.5, 0.6) is 0 Å². The van der Waals surface area contributed by atoms with Crippen LogP contribution >= 0.6 is 0 Å². The number of aromatic amines is 1. The minimum Gasteiger partial charge on any atom is -0.382 e. The van der Waals surface area contributed by atoms with Crippen molar-refractivity contribution in [1.82, 2.24) is 34.4 Å². The van der Waals surface area contributed by atoms with Crippen molar-refractivity contribution in [3.63, 3.8) is 0 Å². The molecule has 3 N–H and O–H groups in total. The monoisotopic (exact) mass is 476 g/mol. The molecule has 186 valence electrons. The van der Waals surface area contributed by atoms with E-state index >= 15 is 0 Å². The van der Waals surface area contributed by atoms with Crippen LogP contribution in [0.2, 0.25) is 0 Å². The summed E-state index contributed by atoms with van der Waals surface area (Å²) in [7, 11) is 0. The van der Waals surface area contributed by atoms with Gasteiger partial charge >= 0.3 is 0 Å². The molecule has 5 rings (SSSR count). The van der Waals surface area contributed by atoms with E-state index < -0.39 is 0 Å². The van der Waals surface area contributed by atoms with Crippen LogP contribution in [0.1, 0.15) is 62.7 Å². The van der Waals surface area contributed by atoms with E-state index in [0.717, 1.165) is 67.7 Å². The van der Waals surface area contributed by atoms with E-state index in [-0.39, 0.29) is 12.3 Å². The number of aryl methyl sites for hydroxylation is 3. The molecule has 9 heteroatoms. The molecule has 0 bridgehead atoms. The zero-order valence-electron chi connectivity index (χ0n) is 21.2. The van der Waals surface area contributed by atoms with Gasteiger partial charge in [0.05, 0.1) is 23.5 Å². The molecule has 9 nitrogen and oxygen atoms in total. The van der Waals surface area contributed by atoms with Gasteiger partial charge in [-0.05, 0) is 83.2 Å². The second-order valence-electron chi connectivity index (χ2n) is 10.1. The Morgan fingerprint density at radius 3 is 2.80 bits per heavy atom. The molecule has 2 unspecified atom stereocenters. The topological polar surface area (TPSA) is 111 Å². The SMILES string of the molecule is Cc1cc2nc(CCCCN(CC3CCC(n4cnc5c(N)ncnc54)O3)C(C)C)[nH]c2cc1C. The highest BCUT2D eigenvalue weighted by atomic mass is 16.5. The molecule has 4 heterocycles. The Morgan fingerprint density at radius 1 is 1.14 bits per heavy atom. The molecule has 0 radical (unpaired) electrons. The van der Waals surface area contributed by atoms with Crippen LogP contribution in [0.15, 0.2) is 24.8 Å². The Kier molecular flexibility index (Phi) is 6.71. The number of hydrogen-bond acceptors (Lipinski definition) is 7. The van der Waals surface area contributed by atoms with E-state index in [0.29, 0.717) is 17.4 Å². The van der Waals surface area contributed by atoms with Gasteiger partial charge in [-0.3, -0.25) is 9.47 Å². The standard InChI is InChI=1S/C26H36N8O/c1-16(2)33(10-6-5-7-22-31-20-11-17(3)18(4)12-21(20)32-22)13-19-8-9-23(35-19)34-15-30-24-25(27)28-14-29-26(24)34/h11-12,14-16,19,23H,5-10,13H2,1-4H3,(H,31,32)(H2,27,28,29). The molecule has 35 heavy (non-hydrogen) atoms. The van der Waals surface area contributed by atoms with Crippen LogP contribution in [0.3, 0.4) is 0 Å². The van der Waals surface area contributed by atoms with Crippen LogP contribution in [0.25, 0.3) is 22.2 Å². The van der Waals surface area contributed by atoms with Crippen LogP contribution in [0, 0.1) is 13.8 Å². The molecule has 1 saturated heterocycles. The predicted molar refractivity (Wildman–Crippen MR) is 138 cm³/mol. The summed E-state index contributed by atoms with van der Waals surface area (Å²) in [6.45, 7) is 10.8. The molecule has 1 aliphatic rings. The van der Waals surface area contributed by atoms with Gasteiger partial charge in [-0.25, -0.2) is 19.9 Å². The number of rotatable bonds is 9. The Bertz CT molecular complexity index is 1270. The molecule has 1 aromatic carbocycles. The van der Waals surface area contributed by atoms with E-state index in [1.807, 2.05) is 4.57 Å². The molecule has 3 aromatic heterocycles. The summed E-state index contributed by atoms with van der Waals surface area (Å²) in [5, 5.41) is 0. The normalized spacial score (nSPS) is 18.6. The first-order chi connectivity index (χ1) is 16.9. The van der Waals surface area contributed by atoms with Crippen molar-refractivity contribution in [1.29, 1.82) is 0 Å². The smallest absolute Gasteiger partial charge is 0.167 e. The second-order valence-corrected chi connectivity index (χ2v) is 10.1. The first-order valence-electron chi connectivity index (χ1n) is 12.7. The number of unbranched alkanes of at least 4 members (excludes halogenated alkanes) is 1. The Morgan fingerprint density at radius 2 is 1.97 bits per heavy atom. The number of H-pyrrole nitrogens is 1. The van der Waals surface area contributed by atoms with Crippen LogP contribution < -0.4 is 5.73 Å². The number of ether oxygens (including phenoxy) is 1. The summed E-state index contributed by atoms with van der Waals surface area (Å²) in [4.78, 5) is 23.6. The maximum absolute atomic E-state index is 6.43. The number of nitrogen functional groups attached to an aromatic ring is 1. The maximum Gasteiger partial charge on any atom is 0.167 e. The molecule has 0 aliphatic carbocycles. The molecule has 0 amide bonds. The van der Waals surface area contributed by atoms with Crippen molar-refractivity contribution in [2.45, 2.75) is 78.2 Å². The zero-order chi connectivity index (χ0) is 24.5. The molecule has 2 atom stereocenters. The number of benzene rings is 1. The molecular weight excluding hydrogens is 440 g/mol. The summed E-state index contributed by atoms with van der Waals surface area (Å²) in [6, 6.07) is 4.84. The minimum absolute atomic E-state index is 0.0614. The quantitative estimate of drug-likeness (QED) is 0.346. The van der Waals surface area contributed by atoms with Crippen molar-refractivity contribution in [2.24, 2.45) is 0 Å². The van der Waals surface area contributed by atoms with Gasteiger partial charge in [-0.2, -0.15) is 0 Å². The van der Waals surface area contributed by atoms with Gasteiger partial charge in [0.15, 0.2) is 11.5 Å². The van der Waals surface area contributed by atoms with E-state index in [1.54, 1.807) is 6.33 Å². The van der Waals surface area contributed by atoms with E-state index in [4.69, 9.17) is 15.5 Å². The molecule has 0 spiro atoms. The van der Waals surface area contributed by atoms with Gasteiger partial charge in [-0.15, -0.1) is 0 Å². The molecule has 4 aromatic rings. The summed E-state index contributed by atoms with van der Waals surface area (Å²) in [5.41, 5.74) is 12.1. The third-order valence-electron chi connectivity index (χ3n) is 7.21. The number of nitrogens with zero attached hydrogens (tertiary/aromatic N) is 6. The lowest BCUT2D eigenvalue weighted by molar-refractivity contribution is -0.0160. The molecular formula is C26H36N8O. The zero-order valence-corrected chi connectivity index (χ0v) is 21.2. The van der Waals surface area contributed by atoms with Crippen molar-refractivity contribution < 1.29 is 4.74 Å². The first kappa shape index (κ1) is 23.7. The largest absolute Gasteiger partial charge is 0.382 e. The fourth-order valence-electron chi connectivity index (χ4n) is 4.98. The second kappa shape index (κ2) is 9.91. The Labute approximate surface area is 206 Å². The number of imidazole rings is 2. The van der Waals surface area contributed by atoms with Gasteiger partial charge in [0.1, 0.15) is 23.9 Å². The fourth-order valence-corrected chi connectivity index (χ4v) is 4.98. The highest BCUT2D eigenvalue weighted by Gasteiger charge is 2.30. The highest BCUT2D eigenvalue weighted by molar-refractivity contribution is 5.81. The summed E-state index contributed by atoms with van der Waals surface area (Å²) in [6.07, 6.45) is 8.56. The van der Waals surface area contributed by atoms with Crippen molar-refractivity contribution in [3.8, 4) is 0 Å². The van der Waals surface area contributed by atoms with Gasteiger partial charge in [0, 0.05) is 19.0 Å². The number of anilines is 1. The van der Waals surface area contributed by atoms with Crippen LogP contribution in [-0.4, -0.2) is 59.6 Å². The third kappa shape index (κ3) is 5.01. The van der Waals surface area contributed by atoms with Crippen molar-refractivity contribution in [2.75, 3.05) is 18.8 Å². The summed E-state index contributed by atoms with van der Waals surface area (Å²) >= 11 is 0. The lowest BCUT2D eigenvalue weighted by atomic mass is 10.1. The van der Waals surface area contributed by atoms with E-state index in [2.05, 4.69) is 64.7 Å². The molecule has 1 aliphatic heterocycles. The van der Waals surface area contributed by atoms with E-state index in [1.165, 1.54) is 17.5 Å². The number of fused-ring (bicyclic) bond motifs is 2. The lowest BCUT2D eigenvalue weighted by Gasteiger charge is -2.29. The predicted octanol–water partition coefficient (Wildman–Crippen LogP) is 4.31. The summed E-state index contributed by atoms with van der Waals surface area (Å²) < 4.78 is 8.42. The van der Waals surface area contributed by atoms with Gasteiger partial charge in [0.25, 0.3) is 0 Å². The number of nitrogens with two attached hydrogens (primary N) is 1. The van der Waals surface area contributed by atoms with Crippen molar-refractivity contribution in [3.05, 3.63) is 41.7 Å². The highest BCUT2D eigenvalue weighted by Crippen LogP contribution is 2.31. The number of aromatic nitrogens is 6. The van der Waals surface area contributed by atoms with Gasteiger partial charge in [-0.1, -0.05) is 0 Å². The fraction of sp³-hybridized carbons (Fsp3) is 0.538.